The second-order valence-corrected chi connectivity index (χ2v) is 3.94. The Morgan fingerprint density at radius 1 is 1.47 bits per heavy atom. The summed E-state index contributed by atoms with van der Waals surface area (Å²) < 4.78 is 10.7. The summed E-state index contributed by atoms with van der Waals surface area (Å²) in [5, 5.41) is 0. The molecule has 2 N–H and O–H groups in total. The van der Waals surface area contributed by atoms with Crippen molar-refractivity contribution in [1.29, 1.82) is 0 Å². The minimum atomic E-state index is -0.430. The van der Waals surface area contributed by atoms with E-state index >= 15 is 0 Å². The monoisotopic (exact) mass is 244 g/mol. The van der Waals surface area contributed by atoms with Crippen molar-refractivity contribution >= 4 is 11.8 Å². The van der Waals surface area contributed by atoms with E-state index in [2.05, 4.69) is 0 Å². The van der Waals surface area contributed by atoms with E-state index in [-0.39, 0.29) is 18.2 Å². The van der Waals surface area contributed by atoms with Crippen molar-refractivity contribution in [2.75, 3.05) is 26.3 Å². The normalized spacial score (nSPS) is 20.3. The Bertz CT molecular complexity index is 277. The van der Waals surface area contributed by atoms with Gasteiger partial charge in [0.1, 0.15) is 0 Å². The Morgan fingerprint density at radius 2 is 2.06 bits per heavy atom. The lowest BCUT2D eigenvalue weighted by Crippen LogP contribution is -2.37. The average molecular weight is 244 g/mol. The van der Waals surface area contributed by atoms with Crippen LogP contribution in [0.2, 0.25) is 0 Å². The molecule has 0 aliphatic carbocycles. The number of carbonyl (C=O) groups is 2. The number of likely N-dealkylation sites (tertiary alicyclic amines) is 1. The average Bonchev–Trinajstić information content (AvgIpc) is 2.61. The SMILES string of the molecule is CCOC(CN1CC(C(N)=O)CC1=O)OCC. The summed E-state index contributed by atoms with van der Waals surface area (Å²) >= 11 is 0. The molecule has 6 heteroatoms. The van der Waals surface area contributed by atoms with E-state index in [1.165, 1.54) is 0 Å². The van der Waals surface area contributed by atoms with Crippen LogP contribution in [-0.4, -0.2) is 49.3 Å². The Morgan fingerprint density at radius 3 is 2.47 bits per heavy atom. The minimum Gasteiger partial charge on any atom is -0.369 e. The minimum absolute atomic E-state index is 0.0711. The molecule has 17 heavy (non-hydrogen) atoms. The summed E-state index contributed by atoms with van der Waals surface area (Å²) in [6.45, 7) is 5.49. The first-order chi connectivity index (χ1) is 8.08. The van der Waals surface area contributed by atoms with Crippen LogP contribution in [0.15, 0.2) is 0 Å². The van der Waals surface area contributed by atoms with Gasteiger partial charge in [-0.2, -0.15) is 0 Å². The molecule has 2 amide bonds. The van der Waals surface area contributed by atoms with Gasteiger partial charge in [0.05, 0.1) is 12.5 Å². The van der Waals surface area contributed by atoms with E-state index in [1.54, 1.807) is 4.90 Å². The summed E-state index contributed by atoms with van der Waals surface area (Å²) in [7, 11) is 0. The van der Waals surface area contributed by atoms with Crippen molar-refractivity contribution in [3.63, 3.8) is 0 Å². The molecule has 1 unspecified atom stereocenters. The van der Waals surface area contributed by atoms with E-state index in [1.807, 2.05) is 13.8 Å². The highest BCUT2D eigenvalue weighted by Gasteiger charge is 2.34. The van der Waals surface area contributed by atoms with Gasteiger partial charge in [-0.3, -0.25) is 9.59 Å². The fourth-order valence-electron chi connectivity index (χ4n) is 1.84. The number of carbonyl (C=O) groups excluding carboxylic acids is 2. The number of primary amides is 1. The van der Waals surface area contributed by atoms with Gasteiger partial charge in [0, 0.05) is 26.2 Å². The van der Waals surface area contributed by atoms with Crippen LogP contribution < -0.4 is 5.73 Å². The van der Waals surface area contributed by atoms with Gasteiger partial charge in [-0.15, -0.1) is 0 Å². The Labute approximate surface area is 101 Å². The molecule has 0 radical (unpaired) electrons. The van der Waals surface area contributed by atoms with Crippen LogP contribution in [-0.2, 0) is 19.1 Å². The van der Waals surface area contributed by atoms with Crippen LogP contribution in [0.1, 0.15) is 20.3 Å². The lowest BCUT2D eigenvalue weighted by Gasteiger charge is -2.23. The molecular formula is C11H20N2O4. The first-order valence-corrected chi connectivity index (χ1v) is 5.88. The predicted molar refractivity (Wildman–Crippen MR) is 60.9 cm³/mol. The molecule has 0 spiro atoms. The molecule has 0 saturated carbocycles. The van der Waals surface area contributed by atoms with E-state index in [0.29, 0.717) is 26.3 Å². The highest BCUT2D eigenvalue weighted by atomic mass is 16.7. The third kappa shape index (κ3) is 3.98. The summed E-state index contributed by atoms with van der Waals surface area (Å²) in [5.41, 5.74) is 5.19. The Kier molecular flexibility index (Phi) is 5.37. The van der Waals surface area contributed by atoms with Crippen LogP contribution in [0.25, 0.3) is 0 Å². The zero-order chi connectivity index (χ0) is 12.8. The van der Waals surface area contributed by atoms with E-state index in [9.17, 15) is 9.59 Å². The fourth-order valence-corrected chi connectivity index (χ4v) is 1.84. The molecule has 98 valence electrons. The van der Waals surface area contributed by atoms with Crippen molar-refractivity contribution in [3.05, 3.63) is 0 Å². The van der Waals surface area contributed by atoms with Crippen LogP contribution in [0.3, 0.4) is 0 Å². The van der Waals surface area contributed by atoms with Gasteiger partial charge in [-0.05, 0) is 13.8 Å². The van der Waals surface area contributed by atoms with Gasteiger partial charge in [0.15, 0.2) is 6.29 Å². The molecular weight excluding hydrogens is 224 g/mol. The number of ether oxygens (including phenoxy) is 2. The molecule has 1 rings (SSSR count). The van der Waals surface area contributed by atoms with Crippen LogP contribution in [0.5, 0.6) is 0 Å². The molecule has 0 bridgehead atoms. The largest absolute Gasteiger partial charge is 0.369 e. The highest BCUT2D eigenvalue weighted by Crippen LogP contribution is 2.18. The van der Waals surface area contributed by atoms with Crippen molar-refractivity contribution < 1.29 is 19.1 Å². The quantitative estimate of drug-likeness (QED) is 0.624. The van der Waals surface area contributed by atoms with Crippen LogP contribution >= 0.6 is 0 Å². The first-order valence-electron chi connectivity index (χ1n) is 5.88. The van der Waals surface area contributed by atoms with Gasteiger partial charge in [-0.25, -0.2) is 0 Å². The molecule has 0 aromatic heterocycles. The van der Waals surface area contributed by atoms with E-state index < -0.39 is 12.2 Å². The number of nitrogens with two attached hydrogens (primary N) is 1. The lowest BCUT2D eigenvalue weighted by molar-refractivity contribution is -0.155. The standard InChI is InChI=1S/C11H20N2O4/c1-3-16-10(17-4-2)7-13-6-8(11(12)15)5-9(13)14/h8,10H,3-7H2,1-2H3,(H2,12,15). The Hall–Kier alpha value is -1.14. The third-order valence-electron chi connectivity index (χ3n) is 2.69. The molecule has 1 fully saturated rings. The smallest absolute Gasteiger partial charge is 0.223 e. The Balaban J connectivity index is 2.49. The van der Waals surface area contributed by atoms with Crippen molar-refractivity contribution in [3.8, 4) is 0 Å². The maximum Gasteiger partial charge on any atom is 0.223 e. The van der Waals surface area contributed by atoms with Gasteiger partial charge >= 0.3 is 0 Å². The molecule has 0 aromatic carbocycles. The molecule has 1 aliphatic heterocycles. The molecule has 6 nitrogen and oxygen atoms in total. The number of rotatable bonds is 7. The van der Waals surface area contributed by atoms with Crippen LogP contribution in [0.4, 0.5) is 0 Å². The molecule has 0 aromatic rings. The first kappa shape index (κ1) is 13.9. The van der Waals surface area contributed by atoms with Crippen molar-refractivity contribution in [1.82, 2.24) is 4.90 Å². The number of hydrogen-bond donors (Lipinski definition) is 1. The van der Waals surface area contributed by atoms with Crippen LogP contribution in [0, 0.1) is 5.92 Å². The zero-order valence-corrected chi connectivity index (χ0v) is 10.3. The number of hydrogen-bond acceptors (Lipinski definition) is 4. The summed E-state index contributed by atoms with van der Waals surface area (Å²) in [6, 6.07) is 0. The summed E-state index contributed by atoms with van der Waals surface area (Å²) in [6.07, 6.45) is -0.235. The topological polar surface area (TPSA) is 81.9 Å². The number of amides is 2. The summed E-state index contributed by atoms with van der Waals surface area (Å²) in [5.74, 6) is -0.880. The molecule has 1 atom stereocenters. The predicted octanol–water partition coefficient (Wildman–Crippen LogP) is -0.281. The second kappa shape index (κ2) is 6.56. The van der Waals surface area contributed by atoms with E-state index in [4.69, 9.17) is 15.2 Å². The molecule has 1 saturated heterocycles. The van der Waals surface area contributed by atoms with Gasteiger partial charge in [0.25, 0.3) is 0 Å². The maximum atomic E-state index is 11.6. The molecule has 1 aliphatic rings. The fraction of sp³-hybridized carbons (Fsp3) is 0.818. The van der Waals surface area contributed by atoms with Gasteiger partial charge in [-0.1, -0.05) is 0 Å². The lowest BCUT2D eigenvalue weighted by atomic mass is 10.1. The maximum absolute atomic E-state index is 11.6. The van der Waals surface area contributed by atoms with Crippen molar-refractivity contribution in [2.24, 2.45) is 11.7 Å². The van der Waals surface area contributed by atoms with Crippen molar-refractivity contribution in [2.45, 2.75) is 26.6 Å². The van der Waals surface area contributed by atoms with E-state index in [0.717, 1.165) is 0 Å². The second-order valence-electron chi connectivity index (χ2n) is 3.94. The zero-order valence-electron chi connectivity index (χ0n) is 10.3. The summed E-state index contributed by atoms with van der Waals surface area (Å²) in [4.78, 5) is 24.2. The van der Waals surface area contributed by atoms with Gasteiger partial charge in [0.2, 0.25) is 11.8 Å². The molecule has 1 heterocycles. The van der Waals surface area contributed by atoms with Gasteiger partial charge < -0.3 is 20.1 Å². The number of nitrogens with zero attached hydrogens (tertiary/aromatic N) is 1. The third-order valence-corrected chi connectivity index (χ3v) is 2.69. The highest BCUT2D eigenvalue weighted by molar-refractivity contribution is 5.88.